The molecule has 1 fully saturated rings. The zero-order chi connectivity index (χ0) is 14.5. The highest BCUT2D eigenvalue weighted by molar-refractivity contribution is 5.91. The van der Waals surface area contributed by atoms with Gasteiger partial charge in [-0.05, 0) is 12.8 Å². The highest BCUT2D eigenvalue weighted by Crippen LogP contribution is 2.27. The smallest absolute Gasteiger partial charge is 0.386 e. The number of hydrogen-bond donors (Lipinski definition) is 4. The summed E-state index contributed by atoms with van der Waals surface area (Å²) in [5.41, 5.74) is 4.51. The molecule has 0 heterocycles. The summed E-state index contributed by atoms with van der Waals surface area (Å²) in [7, 11) is 0. The minimum atomic E-state index is -4.45. The van der Waals surface area contributed by atoms with Crippen LogP contribution >= 0.6 is 0 Å². The van der Waals surface area contributed by atoms with E-state index in [4.69, 9.17) is 11.1 Å². The van der Waals surface area contributed by atoms with Crippen LogP contribution in [0.2, 0.25) is 0 Å². The number of halogens is 3. The quantitative estimate of drug-likeness (QED) is 0.361. The van der Waals surface area contributed by atoms with Crippen molar-refractivity contribution in [1.82, 2.24) is 10.6 Å². The van der Waals surface area contributed by atoms with Gasteiger partial charge >= 0.3 is 12.2 Å². The summed E-state index contributed by atoms with van der Waals surface area (Å²) >= 11 is 0. The molecule has 1 rings (SSSR count). The predicted molar refractivity (Wildman–Crippen MR) is 64.9 cm³/mol. The van der Waals surface area contributed by atoms with E-state index in [0.717, 1.165) is 25.7 Å². The Morgan fingerprint density at radius 3 is 2.16 bits per heavy atom. The standard InChI is InChI=1S/C11H19F3N4O/c12-11(13,14)7-17-9(19)18-10(8(15)16)5-3-1-2-4-6-10/h1-7H2,(H3,15,16)(H2,17,18,19). The van der Waals surface area contributed by atoms with Crippen LogP contribution in [0.4, 0.5) is 18.0 Å². The lowest BCUT2D eigenvalue weighted by Crippen LogP contribution is -2.59. The Bertz CT molecular complexity index is 335. The fourth-order valence-corrected chi connectivity index (χ4v) is 2.24. The largest absolute Gasteiger partial charge is 0.405 e. The van der Waals surface area contributed by atoms with Gasteiger partial charge in [-0.3, -0.25) is 5.41 Å². The number of hydrogen-bond acceptors (Lipinski definition) is 2. The van der Waals surface area contributed by atoms with Crippen LogP contribution in [0.1, 0.15) is 38.5 Å². The van der Waals surface area contributed by atoms with E-state index < -0.39 is 24.3 Å². The van der Waals surface area contributed by atoms with Gasteiger partial charge in [-0.1, -0.05) is 25.7 Å². The number of carbonyl (C=O) groups is 1. The third-order valence-corrected chi connectivity index (χ3v) is 3.27. The fraction of sp³-hybridized carbons (Fsp3) is 0.818. The van der Waals surface area contributed by atoms with Crippen LogP contribution in [0, 0.1) is 5.41 Å². The Hall–Kier alpha value is -1.47. The molecule has 0 radical (unpaired) electrons. The van der Waals surface area contributed by atoms with Gasteiger partial charge in [0.15, 0.2) is 0 Å². The van der Waals surface area contributed by atoms with E-state index in [1.165, 1.54) is 0 Å². The second kappa shape index (κ2) is 6.12. The number of amidine groups is 1. The van der Waals surface area contributed by atoms with Crippen LogP contribution < -0.4 is 16.4 Å². The van der Waals surface area contributed by atoms with Crippen molar-refractivity contribution >= 4 is 11.9 Å². The average molecular weight is 280 g/mol. The van der Waals surface area contributed by atoms with Crippen molar-refractivity contribution in [1.29, 1.82) is 5.41 Å². The molecule has 1 aliphatic carbocycles. The van der Waals surface area contributed by atoms with Gasteiger partial charge in [-0.2, -0.15) is 13.2 Å². The molecule has 0 atom stereocenters. The van der Waals surface area contributed by atoms with Crippen LogP contribution in [-0.4, -0.2) is 30.1 Å². The molecule has 5 nitrogen and oxygen atoms in total. The molecule has 0 saturated heterocycles. The Labute approximate surface area is 109 Å². The zero-order valence-corrected chi connectivity index (χ0v) is 10.6. The molecule has 1 saturated carbocycles. The van der Waals surface area contributed by atoms with Crippen LogP contribution in [0.5, 0.6) is 0 Å². The van der Waals surface area contributed by atoms with E-state index in [2.05, 4.69) is 5.32 Å². The maximum absolute atomic E-state index is 12.0. The first kappa shape index (κ1) is 15.6. The summed E-state index contributed by atoms with van der Waals surface area (Å²) in [4.78, 5) is 11.5. The summed E-state index contributed by atoms with van der Waals surface area (Å²) in [6, 6.07) is -0.936. The number of nitrogens with two attached hydrogens (primary N) is 1. The van der Waals surface area contributed by atoms with Crippen LogP contribution in [0.15, 0.2) is 0 Å². The van der Waals surface area contributed by atoms with Crippen molar-refractivity contribution in [2.45, 2.75) is 50.2 Å². The highest BCUT2D eigenvalue weighted by Gasteiger charge is 2.36. The molecule has 0 bridgehead atoms. The van der Waals surface area contributed by atoms with E-state index in [9.17, 15) is 18.0 Å². The van der Waals surface area contributed by atoms with Gasteiger partial charge < -0.3 is 16.4 Å². The summed E-state index contributed by atoms with van der Waals surface area (Å²) < 4.78 is 36.0. The monoisotopic (exact) mass is 280 g/mol. The first-order valence-electron chi connectivity index (χ1n) is 6.22. The number of amides is 2. The molecule has 110 valence electrons. The second-order valence-electron chi connectivity index (χ2n) is 4.83. The molecule has 5 N–H and O–H groups in total. The lowest BCUT2D eigenvalue weighted by atomic mass is 9.89. The first-order valence-corrected chi connectivity index (χ1v) is 6.22. The van der Waals surface area contributed by atoms with E-state index in [1.807, 2.05) is 0 Å². The Morgan fingerprint density at radius 1 is 1.21 bits per heavy atom. The molecule has 0 aromatic rings. The molecule has 19 heavy (non-hydrogen) atoms. The van der Waals surface area contributed by atoms with Gasteiger partial charge in [0.1, 0.15) is 12.4 Å². The van der Waals surface area contributed by atoms with Crippen molar-refractivity contribution in [3.63, 3.8) is 0 Å². The van der Waals surface area contributed by atoms with E-state index in [0.29, 0.717) is 12.8 Å². The summed E-state index contributed by atoms with van der Waals surface area (Å²) in [5, 5.41) is 11.8. The zero-order valence-electron chi connectivity index (χ0n) is 10.6. The fourth-order valence-electron chi connectivity index (χ4n) is 2.24. The van der Waals surface area contributed by atoms with Gasteiger partial charge in [0.05, 0.1) is 5.54 Å². The molecular weight excluding hydrogens is 261 g/mol. The highest BCUT2D eigenvalue weighted by atomic mass is 19.4. The number of rotatable bonds is 3. The summed E-state index contributed by atoms with van der Waals surface area (Å²) in [6.07, 6.45) is 0.0494. The SMILES string of the molecule is N=C(N)C1(NC(=O)NCC(F)(F)F)CCCCCC1. The van der Waals surface area contributed by atoms with Gasteiger partial charge in [-0.25, -0.2) is 4.79 Å². The molecule has 2 amide bonds. The van der Waals surface area contributed by atoms with E-state index in [-0.39, 0.29) is 5.84 Å². The molecule has 0 aromatic carbocycles. The molecule has 0 unspecified atom stereocenters. The minimum Gasteiger partial charge on any atom is -0.386 e. The van der Waals surface area contributed by atoms with Crippen molar-refractivity contribution in [3.8, 4) is 0 Å². The number of urea groups is 1. The average Bonchev–Trinajstić information content (AvgIpc) is 2.52. The first-order chi connectivity index (χ1) is 8.75. The molecular formula is C11H19F3N4O. The van der Waals surface area contributed by atoms with Crippen LogP contribution in [0.25, 0.3) is 0 Å². The van der Waals surface area contributed by atoms with E-state index in [1.54, 1.807) is 5.32 Å². The molecule has 0 aliphatic heterocycles. The molecule has 8 heteroatoms. The Balaban J connectivity index is 2.62. The van der Waals surface area contributed by atoms with Crippen molar-refractivity contribution in [2.24, 2.45) is 5.73 Å². The minimum absolute atomic E-state index is 0.198. The van der Waals surface area contributed by atoms with Crippen molar-refractivity contribution < 1.29 is 18.0 Å². The Morgan fingerprint density at radius 2 is 1.74 bits per heavy atom. The predicted octanol–water partition coefficient (Wildman–Crippen LogP) is 1.88. The van der Waals surface area contributed by atoms with Gasteiger partial charge in [0.2, 0.25) is 0 Å². The van der Waals surface area contributed by atoms with Crippen molar-refractivity contribution in [3.05, 3.63) is 0 Å². The maximum Gasteiger partial charge on any atom is 0.405 e. The van der Waals surface area contributed by atoms with Crippen molar-refractivity contribution in [2.75, 3.05) is 6.54 Å². The lowest BCUT2D eigenvalue weighted by molar-refractivity contribution is -0.122. The number of alkyl halides is 3. The van der Waals surface area contributed by atoms with Gasteiger partial charge in [0.25, 0.3) is 0 Å². The maximum atomic E-state index is 12.0. The summed E-state index contributed by atoms with van der Waals surface area (Å²) in [5.74, 6) is -0.198. The third-order valence-electron chi connectivity index (χ3n) is 3.27. The van der Waals surface area contributed by atoms with Crippen LogP contribution in [-0.2, 0) is 0 Å². The Kier molecular flexibility index (Phi) is 5.02. The third kappa shape index (κ3) is 4.96. The van der Waals surface area contributed by atoms with E-state index >= 15 is 0 Å². The van der Waals surface area contributed by atoms with Gasteiger partial charge in [0, 0.05) is 0 Å². The lowest BCUT2D eigenvalue weighted by Gasteiger charge is -2.32. The molecule has 1 aliphatic rings. The number of carbonyl (C=O) groups excluding carboxylic acids is 1. The topological polar surface area (TPSA) is 91.0 Å². The number of nitrogens with one attached hydrogen (secondary N) is 3. The second-order valence-corrected chi connectivity index (χ2v) is 4.83. The normalized spacial score (nSPS) is 19.3. The molecule has 0 spiro atoms. The molecule has 0 aromatic heterocycles. The van der Waals surface area contributed by atoms with Crippen LogP contribution in [0.3, 0.4) is 0 Å². The van der Waals surface area contributed by atoms with Gasteiger partial charge in [-0.15, -0.1) is 0 Å². The summed E-state index contributed by atoms with van der Waals surface area (Å²) in [6.45, 7) is -1.40.